The van der Waals surface area contributed by atoms with Crippen molar-refractivity contribution in [1.29, 1.82) is 0 Å². The average molecular weight is 530 g/mol. The van der Waals surface area contributed by atoms with Gasteiger partial charge in [0.25, 0.3) is 11.8 Å². The lowest BCUT2D eigenvalue weighted by molar-refractivity contribution is -0.146. The van der Waals surface area contributed by atoms with E-state index in [1.165, 1.54) is 6.07 Å². The van der Waals surface area contributed by atoms with Gasteiger partial charge >= 0.3 is 0 Å². The van der Waals surface area contributed by atoms with Gasteiger partial charge in [-0.1, -0.05) is 32.0 Å². The second-order valence-corrected chi connectivity index (χ2v) is 9.48. The molecule has 0 unspecified atom stereocenters. The van der Waals surface area contributed by atoms with Gasteiger partial charge in [0.05, 0.1) is 12.3 Å². The topological polar surface area (TPSA) is 132 Å². The molecular weight excluding hydrogens is 490 g/mol. The summed E-state index contributed by atoms with van der Waals surface area (Å²) in [7, 11) is 0. The first-order valence-corrected chi connectivity index (χ1v) is 13.1. The Balaban J connectivity index is 1.69. The normalized spacial score (nSPS) is 15.1. The fourth-order valence-electron chi connectivity index (χ4n) is 4.43. The monoisotopic (exact) mass is 529 g/mol. The molecule has 208 valence electrons. The van der Waals surface area contributed by atoms with Crippen molar-refractivity contribution < 1.29 is 34.6 Å². The maximum absolute atomic E-state index is 13.1. The SMILES string of the molecule is CCCN(CCC)C(=O)c1cc(C)cc(C(=O)NO[C@@H](CON2CCc3ccccc32)[C@@H](O)[C@H](O)CO)c1. The fourth-order valence-corrected chi connectivity index (χ4v) is 4.43. The predicted octanol–water partition coefficient (Wildman–Crippen LogP) is 2.00. The van der Waals surface area contributed by atoms with Crippen LogP contribution in [-0.4, -0.2) is 83.2 Å². The number of rotatable bonds is 14. The third kappa shape index (κ3) is 7.52. The van der Waals surface area contributed by atoms with Crippen molar-refractivity contribution >= 4 is 17.5 Å². The van der Waals surface area contributed by atoms with Crippen LogP contribution in [0.1, 0.15) is 58.5 Å². The maximum Gasteiger partial charge on any atom is 0.274 e. The molecule has 4 N–H and O–H groups in total. The molecule has 1 aliphatic rings. The summed E-state index contributed by atoms with van der Waals surface area (Å²) in [6.07, 6.45) is -1.78. The zero-order valence-corrected chi connectivity index (χ0v) is 22.3. The molecule has 0 fully saturated rings. The van der Waals surface area contributed by atoms with E-state index in [0.29, 0.717) is 25.2 Å². The van der Waals surface area contributed by atoms with Crippen molar-refractivity contribution in [2.45, 2.75) is 58.3 Å². The Labute approximate surface area is 223 Å². The van der Waals surface area contributed by atoms with Gasteiger partial charge in [0.2, 0.25) is 0 Å². The molecule has 3 rings (SSSR count). The highest BCUT2D eigenvalue weighted by molar-refractivity contribution is 5.99. The van der Waals surface area contributed by atoms with Gasteiger partial charge in [-0.25, -0.2) is 5.48 Å². The Hall–Kier alpha value is -3.02. The van der Waals surface area contributed by atoms with Gasteiger partial charge in [-0.15, -0.1) is 0 Å². The average Bonchev–Trinajstić information content (AvgIpc) is 3.34. The molecule has 2 aromatic rings. The zero-order chi connectivity index (χ0) is 27.7. The number of carbonyl (C=O) groups excluding carboxylic acids is 2. The van der Waals surface area contributed by atoms with E-state index in [-0.39, 0.29) is 18.1 Å². The number of fused-ring (bicyclic) bond motifs is 1. The van der Waals surface area contributed by atoms with Crippen LogP contribution in [-0.2, 0) is 16.1 Å². The zero-order valence-electron chi connectivity index (χ0n) is 22.3. The summed E-state index contributed by atoms with van der Waals surface area (Å²) < 4.78 is 0. The van der Waals surface area contributed by atoms with Crippen LogP contribution in [0, 0.1) is 6.92 Å². The molecule has 1 aliphatic heterocycles. The summed E-state index contributed by atoms with van der Waals surface area (Å²) in [5.41, 5.74) is 5.68. The number of aryl methyl sites for hydroxylation is 1. The first kappa shape index (κ1) is 29.5. The van der Waals surface area contributed by atoms with E-state index < -0.39 is 30.8 Å². The minimum absolute atomic E-state index is 0.147. The summed E-state index contributed by atoms with van der Waals surface area (Å²) in [6.45, 7) is 6.76. The molecule has 0 aliphatic carbocycles. The summed E-state index contributed by atoms with van der Waals surface area (Å²) in [4.78, 5) is 39.1. The predicted molar refractivity (Wildman–Crippen MR) is 143 cm³/mol. The van der Waals surface area contributed by atoms with Gasteiger partial charge in [-0.3, -0.25) is 24.3 Å². The molecule has 0 aromatic heterocycles. The molecule has 2 amide bonds. The Morgan fingerprint density at radius 2 is 1.76 bits per heavy atom. The summed E-state index contributed by atoms with van der Waals surface area (Å²) in [5.74, 6) is -0.770. The highest BCUT2D eigenvalue weighted by Crippen LogP contribution is 2.27. The lowest BCUT2D eigenvalue weighted by atomic mass is 10.0. The fraction of sp³-hybridized carbons (Fsp3) is 0.500. The largest absolute Gasteiger partial charge is 0.394 e. The lowest BCUT2D eigenvalue weighted by Gasteiger charge is -2.28. The van der Waals surface area contributed by atoms with Crippen LogP contribution in [0.15, 0.2) is 42.5 Å². The van der Waals surface area contributed by atoms with Gasteiger partial charge in [0, 0.05) is 30.8 Å². The van der Waals surface area contributed by atoms with Crippen LogP contribution < -0.4 is 10.5 Å². The number of benzene rings is 2. The number of nitrogens with one attached hydrogen (secondary N) is 1. The minimum atomic E-state index is -1.54. The van der Waals surface area contributed by atoms with Crippen molar-refractivity contribution in [3.05, 3.63) is 64.7 Å². The molecular formula is C28H39N3O7. The van der Waals surface area contributed by atoms with Crippen LogP contribution >= 0.6 is 0 Å². The second-order valence-electron chi connectivity index (χ2n) is 9.48. The van der Waals surface area contributed by atoms with Crippen molar-refractivity contribution in [1.82, 2.24) is 10.4 Å². The summed E-state index contributed by atoms with van der Waals surface area (Å²) in [6, 6.07) is 12.6. The molecule has 10 nitrogen and oxygen atoms in total. The summed E-state index contributed by atoms with van der Waals surface area (Å²) in [5, 5.41) is 31.5. The first-order chi connectivity index (χ1) is 18.3. The van der Waals surface area contributed by atoms with E-state index in [1.807, 2.05) is 38.1 Å². The van der Waals surface area contributed by atoms with Crippen LogP contribution in [0.4, 0.5) is 5.69 Å². The Morgan fingerprint density at radius 3 is 2.45 bits per heavy atom. The van der Waals surface area contributed by atoms with Gasteiger partial charge in [0.15, 0.2) is 0 Å². The van der Waals surface area contributed by atoms with Crippen LogP contribution in [0.25, 0.3) is 0 Å². The van der Waals surface area contributed by atoms with Crippen molar-refractivity contribution in [2.24, 2.45) is 0 Å². The van der Waals surface area contributed by atoms with E-state index in [1.54, 1.807) is 29.0 Å². The number of nitrogens with zero attached hydrogens (tertiary/aromatic N) is 2. The number of aliphatic hydroxyl groups excluding tert-OH is 3. The smallest absolute Gasteiger partial charge is 0.274 e. The van der Waals surface area contributed by atoms with E-state index in [2.05, 4.69) is 5.48 Å². The molecule has 38 heavy (non-hydrogen) atoms. The molecule has 3 atom stereocenters. The van der Waals surface area contributed by atoms with E-state index in [4.69, 9.17) is 9.68 Å². The quantitative estimate of drug-likeness (QED) is 0.273. The number of aliphatic hydroxyl groups is 3. The minimum Gasteiger partial charge on any atom is -0.394 e. The third-order valence-electron chi connectivity index (χ3n) is 6.37. The number of para-hydroxylation sites is 1. The molecule has 1 heterocycles. The molecule has 0 spiro atoms. The van der Waals surface area contributed by atoms with Gasteiger partial charge in [-0.2, -0.15) is 0 Å². The number of anilines is 1. The molecule has 10 heteroatoms. The van der Waals surface area contributed by atoms with Crippen molar-refractivity contribution in [3.63, 3.8) is 0 Å². The molecule has 2 aromatic carbocycles. The van der Waals surface area contributed by atoms with Crippen LogP contribution in [0.5, 0.6) is 0 Å². The third-order valence-corrected chi connectivity index (χ3v) is 6.37. The number of carbonyl (C=O) groups is 2. The van der Waals surface area contributed by atoms with Crippen LogP contribution in [0.3, 0.4) is 0 Å². The van der Waals surface area contributed by atoms with Gasteiger partial charge < -0.3 is 20.2 Å². The number of hydrogen-bond donors (Lipinski definition) is 4. The molecule has 0 saturated carbocycles. The molecule has 0 saturated heterocycles. The number of amides is 2. The number of hydrogen-bond acceptors (Lipinski definition) is 8. The highest BCUT2D eigenvalue weighted by Gasteiger charge is 2.30. The van der Waals surface area contributed by atoms with Crippen molar-refractivity contribution in [2.75, 3.05) is 37.9 Å². The maximum atomic E-state index is 13.1. The Kier molecular flexibility index (Phi) is 11.1. The van der Waals surface area contributed by atoms with Gasteiger partial charge in [0.1, 0.15) is 24.9 Å². The van der Waals surface area contributed by atoms with E-state index in [0.717, 1.165) is 36.1 Å². The van der Waals surface area contributed by atoms with E-state index in [9.17, 15) is 24.9 Å². The summed E-state index contributed by atoms with van der Waals surface area (Å²) >= 11 is 0. The van der Waals surface area contributed by atoms with E-state index >= 15 is 0 Å². The first-order valence-electron chi connectivity index (χ1n) is 13.1. The van der Waals surface area contributed by atoms with Gasteiger partial charge in [-0.05, 0) is 61.6 Å². The Morgan fingerprint density at radius 1 is 1.08 bits per heavy atom. The molecule has 0 radical (unpaired) electrons. The molecule has 0 bridgehead atoms. The standard InChI is InChI=1S/C28H39N3O7/c1-4-11-30(12-5-2)28(36)22-15-19(3)14-21(16-22)27(35)29-38-25(26(34)24(33)17-32)18-37-31-13-10-20-8-6-7-9-23(20)31/h6-9,14-16,24-26,32-34H,4-5,10-13,17-18H2,1-3H3,(H,29,35)/t24-,25+,26+/m1/s1. The van der Waals surface area contributed by atoms with Crippen LogP contribution in [0.2, 0.25) is 0 Å². The highest BCUT2D eigenvalue weighted by atomic mass is 16.7. The Bertz CT molecular complexity index is 1070. The van der Waals surface area contributed by atoms with Crippen molar-refractivity contribution in [3.8, 4) is 0 Å². The second kappa shape index (κ2) is 14.2. The lowest BCUT2D eigenvalue weighted by Crippen LogP contribution is -2.47. The number of hydroxylamine groups is 2.